The lowest BCUT2D eigenvalue weighted by molar-refractivity contribution is -0.121. The van der Waals surface area contributed by atoms with Gasteiger partial charge in [-0.1, -0.05) is 6.07 Å². The second kappa shape index (κ2) is 8.31. The quantitative estimate of drug-likeness (QED) is 0.543. The number of hydrazine groups is 1. The number of aromatic nitrogens is 2. The number of carbonyl (C=O) groups excluding carboxylic acids is 2. The summed E-state index contributed by atoms with van der Waals surface area (Å²) < 4.78 is 10.4. The van der Waals surface area contributed by atoms with Crippen LogP contribution < -0.4 is 25.9 Å². The maximum absolute atomic E-state index is 12.4. The Kier molecular flexibility index (Phi) is 5.83. The first kappa shape index (κ1) is 20.3. The van der Waals surface area contributed by atoms with Gasteiger partial charge in [-0.05, 0) is 31.5 Å². The molecule has 2 aromatic heterocycles. The minimum atomic E-state index is -0.574. The van der Waals surface area contributed by atoms with Gasteiger partial charge >= 0.3 is 0 Å². The van der Waals surface area contributed by atoms with Crippen LogP contribution in [0.3, 0.4) is 0 Å². The molecule has 10 heteroatoms. The molecule has 0 unspecified atom stereocenters. The average molecular weight is 416 g/mol. The third kappa shape index (κ3) is 4.06. The molecule has 3 aromatic rings. The second-order valence-corrected chi connectivity index (χ2v) is 7.40. The lowest BCUT2D eigenvalue weighted by atomic mass is 10.2. The lowest BCUT2D eigenvalue weighted by Gasteiger charge is -2.13. The summed E-state index contributed by atoms with van der Waals surface area (Å²) >= 11 is 1.40. The maximum Gasteiger partial charge on any atom is 0.273 e. The summed E-state index contributed by atoms with van der Waals surface area (Å²) in [6.45, 7) is 3.77. The number of carbonyl (C=O) groups is 2. The zero-order chi connectivity index (χ0) is 21.1. The second-order valence-electron chi connectivity index (χ2n) is 6.20. The fourth-order valence-electron chi connectivity index (χ4n) is 2.84. The molecule has 3 rings (SSSR count). The van der Waals surface area contributed by atoms with Crippen LogP contribution in [0.2, 0.25) is 0 Å². The smallest absolute Gasteiger partial charge is 0.273 e. The monoisotopic (exact) mass is 416 g/mol. The van der Waals surface area contributed by atoms with Gasteiger partial charge in [-0.3, -0.25) is 25.2 Å². The van der Waals surface area contributed by atoms with E-state index in [1.807, 2.05) is 13.8 Å². The van der Waals surface area contributed by atoms with Gasteiger partial charge in [0.05, 0.1) is 31.6 Å². The SMILES string of the molecule is COc1cccc(C(=O)NNC(=O)Cc2nc3sc(C)c(C)c3c(=O)[nH]2)c1OC. The Morgan fingerprint density at radius 1 is 1.17 bits per heavy atom. The van der Waals surface area contributed by atoms with Crippen molar-refractivity contribution < 1.29 is 19.1 Å². The number of amides is 2. The summed E-state index contributed by atoms with van der Waals surface area (Å²) in [6, 6.07) is 4.82. The molecule has 1 aromatic carbocycles. The van der Waals surface area contributed by atoms with Crippen molar-refractivity contribution in [3.63, 3.8) is 0 Å². The summed E-state index contributed by atoms with van der Waals surface area (Å²) in [5.74, 6) is -0.248. The molecule has 2 amide bonds. The van der Waals surface area contributed by atoms with E-state index in [9.17, 15) is 14.4 Å². The number of aromatic amines is 1. The van der Waals surface area contributed by atoms with Crippen LogP contribution in [0.5, 0.6) is 11.5 Å². The number of para-hydroxylation sites is 1. The molecule has 0 radical (unpaired) electrons. The number of aryl methyl sites for hydroxylation is 2. The van der Waals surface area contributed by atoms with Crippen molar-refractivity contribution in [3.8, 4) is 11.5 Å². The van der Waals surface area contributed by atoms with Crippen molar-refractivity contribution in [2.24, 2.45) is 0 Å². The number of hydrogen-bond donors (Lipinski definition) is 3. The fourth-order valence-corrected chi connectivity index (χ4v) is 3.89. The van der Waals surface area contributed by atoms with E-state index >= 15 is 0 Å². The highest BCUT2D eigenvalue weighted by atomic mass is 32.1. The number of thiophene rings is 1. The first-order chi connectivity index (χ1) is 13.8. The normalized spacial score (nSPS) is 10.6. The Bertz CT molecular complexity index is 1150. The van der Waals surface area contributed by atoms with Crippen molar-refractivity contribution in [2.75, 3.05) is 14.2 Å². The van der Waals surface area contributed by atoms with Gasteiger partial charge in [-0.15, -0.1) is 11.3 Å². The average Bonchev–Trinajstić information content (AvgIpc) is 2.99. The van der Waals surface area contributed by atoms with Crippen LogP contribution in [0.4, 0.5) is 0 Å². The van der Waals surface area contributed by atoms with Crippen molar-refractivity contribution in [1.82, 2.24) is 20.8 Å². The zero-order valence-corrected chi connectivity index (χ0v) is 17.2. The van der Waals surface area contributed by atoms with Crippen LogP contribution in [0.15, 0.2) is 23.0 Å². The van der Waals surface area contributed by atoms with Crippen LogP contribution >= 0.6 is 11.3 Å². The highest BCUT2D eigenvalue weighted by molar-refractivity contribution is 7.18. The van der Waals surface area contributed by atoms with Crippen LogP contribution in [-0.4, -0.2) is 36.0 Å². The summed E-state index contributed by atoms with van der Waals surface area (Å²) in [5.41, 5.74) is 5.42. The molecule has 0 fully saturated rings. The molecule has 0 saturated carbocycles. The molecular formula is C19H20N4O5S. The molecule has 0 atom stereocenters. The van der Waals surface area contributed by atoms with E-state index in [-0.39, 0.29) is 29.1 Å². The maximum atomic E-state index is 12.4. The molecule has 0 aliphatic carbocycles. The number of nitrogens with one attached hydrogen (secondary N) is 3. The first-order valence-electron chi connectivity index (χ1n) is 8.64. The fraction of sp³-hybridized carbons (Fsp3) is 0.263. The molecule has 0 spiro atoms. The van der Waals surface area contributed by atoms with Gasteiger partial charge in [0.1, 0.15) is 10.7 Å². The Morgan fingerprint density at radius 3 is 2.62 bits per heavy atom. The van der Waals surface area contributed by atoms with E-state index < -0.39 is 11.8 Å². The molecule has 2 heterocycles. The predicted molar refractivity (Wildman–Crippen MR) is 109 cm³/mol. The van der Waals surface area contributed by atoms with Crippen molar-refractivity contribution in [3.05, 3.63) is 50.4 Å². The number of rotatable bonds is 5. The highest BCUT2D eigenvalue weighted by Gasteiger charge is 2.18. The van der Waals surface area contributed by atoms with E-state index in [4.69, 9.17) is 9.47 Å². The molecule has 0 bridgehead atoms. The van der Waals surface area contributed by atoms with Gasteiger partial charge in [0.2, 0.25) is 5.91 Å². The molecule has 9 nitrogen and oxygen atoms in total. The Hall–Kier alpha value is -3.40. The zero-order valence-electron chi connectivity index (χ0n) is 16.3. The number of methoxy groups -OCH3 is 2. The topological polar surface area (TPSA) is 122 Å². The minimum absolute atomic E-state index is 0.198. The largest absolute Gasteiger partial charge is 0.493 e. The van der Waals surface area contributed by atoms with Gasteiger partial charge in [-0.25, -0.2) is 4.98 Å². The number of H-pyrrole nitrogens is 1. The lowest BCUT2D eigenvalue weighted by Crippen LogP contribution is -2.42. The highest BCUT2D eigenvalue weighted by Crippen LogP contribution is 2.30. The van der Waals surface area contributed by atoms with Crippen LogP contribution in [0.25, 0.3) is 10.2 Å². The van der Waals surface area contributed by atoms with E-state index in [0.717, 1.165) is 10.4 Å². The number of hydrogen-bond acceptors (Lipinski definition) is 7. The number of fused-ring (bicyclic) bond motifs is 1. The summed E-state index contributed by atoms with van der Waals surface area (Å²) in [5, 5.41) is 0.537. The van der Waals surface area contributed by atoms with E-state index in [0.29, 0.717) is 16.0 Å². The minimum Gasteiger partial charge on any atom is -0.493 e. The summed E-state index contributed by atoms with van der Waals surface area (Å²) in [4.78, 5) is 45.4. The molecule has 3 N–H and O–H groups in total. The Morgan fingerprint density at radius 2 is 1.93 bits per heavy atom. The molecule has 0 aliphatic heterocycles. The molecule has 152 valence electrons. The van der Waals surface area contributed by atoms with Crippen LogP contribution in [0.1, 0.15) is 26.6 Å². The van der Waals surface area contributed by atoms with Crippen LogP contribution in [-0.2, 0) is 11.2 Å². The number of nitrogens with zero attached hydrogens (tertiary/aromatic N) is 1. The third-order valence-electron chi connectivity index (χ3n) is 4.38. The molecule has 0 aliphatic rings. The first-order valence-corrected chi connectivity index (χ1v) is 9.46. The van der Waals surface area contributed by atoms with Gasteiger partial charge in [0.15, 0.2) is 11.5 Å². The predicted octanol–water partition coefficient (Wildman–Crippen LogP) is 1.62. The van der Waals surface area contributed by atoms with Gasteiger partial charge in [0.25, 0.3) is 11.5 Å². The third-order valence-corrected chi connectivity index (χ3v) is 5.48. The van der Waals surface area contributed by atoms with Gasteiger partial charge in [0, 0.05) is 4.88 Å². The Labute approximate surface area is 170 Å². The van der Waals surface area contributed by atoms with E-state index in [1.54, 1.807) is 12.1 Å². The standard InChI is InChI=1S/C19H20N4O5S/c1-9-10(2)29-19-15(9)18(26)20-13(21-19)8-14(24)22-23-17(25)11-6-5-7-12(27-3)16(11)28-4/h5-7H,8H2,1-4H3,(H,22,24)(H,23,25)(H,20,21,26). The van der Waals surface area contributed by atoms with Crippen molar-refractivity contribution >= 4 is 33.4 Å². The van der Waals surface area contributed by atoms with E-state index in [2.05, 4.69) is 20.8 Å². The van der Waals surface area contributed by atoms with Gasteiger partial charge < -0.3 is 14.5 Å². The molecular weight excluding hydrogens is 396 g/mol. The Balaban J connectivity index is 1.70. The summed E-state index contributed by atoms with van der Waals surface area (Å²) in [7, 11) is 2.88. The van der Waals surface area contributed by atoms with Crippen molar-refractivity contribution in [1.29, 1.82) is 0 Å². The van der Waals surface area contributed by atoms with Crippen LogP contribution in [0, 0.1) is 13.8 Å². The van der Waals surface area contributed by atoms with Gasteiger partial charge in [-0.2, -0.15) is 0 Å². The van der Waals surface area contributed by atoms with E-state index in [1.165, 1.54) is 31.6 Å². The number of benzene rings is 1. The summed E-state index contributed by atoms with van der Waals surface area (Å²) in [6.07, 6.45) is -0.198. The van der Waals surface area contributed by atoms with Crippen molar-refractivity contribution in [2.45, 2.75) is 20.3 Å². The molecule has 29 heavy (non-hydrogen) atoms. The molecule has 0 saturated heterocycles. The number of ether oxygens (including phenoxy) is 2.